The van der Waals surface area contributed by atoms with E-state index in [2.05, 4.69) is 9.72 Å². The van der Waals surface area contributed by atoms with Crippen LogP contribution in [-0.4, -0.2) is 24.2 Å². The van der Waals surface area contributed by atoms with Crippen LogP contribution in [0.15, 0.2) is 30.5 Å². The zero-order chi connectivity index (χ0) is 14.1. The van der Waals surface area contributed by atoms with Gasteiger partial charge in [0.1, 0.15) is 23.2 Å². The number of carbonyl (C=O) groups is 1. The Morgan fingerprint density at radius 3 is 2.95 bits per heavy atom. The summed E-state index contributed by atoms with van der Waals surface area (Å²) < 4.78 is 24.0. The lowest BCUT2D eigenvalue weighted by atomic mass is 9.82. The van der Waals surface area contributed by atoms with Crippen molar-refractivity contribution < 1.29 is 18.7 Å². The van der Waals surface area contributed by atoms with Gasteiger partial charge in [0.25, 0.3) is 0 Å². The summed E-state index contributed by atoms with van der Waals surface area (Å²) in [4.78, 5) is 15.5. The first-order chi connectivity index (χ1) is 9.67. The highest BCUT2D eigenvalue weighted by Crippen LogP contribution is 2.34. The molecular formula is C15H14FNO3. The molecule has 0 saturated heterocycles. The van der Waals surface area contributed by atoms with E-state index in [0.29, 0.717) is 29.5 Å². The molecule has 0 unspecified atom stereocenters. The number of pyridine rings is 1. The molecule has 1 aliphatic carbocycles. The Morgan fingerprint density at radius 2 is 2.20 bits per heavy atom. The predicted molar refractivity (Wildman–Crippen MR) is 70.9 cm³/mol. The number of carbonyl (C=O) groups excluding carboxylic acids is 1. The van der Waals surface area contributed by atoms with Crippen LogP contribution in [0.2, 0.25) is 0 Å². The number of hydrogen-bond acceptors (Lipinski definition) is 4. The van der Waals surface area contributed by atoms with Gasteiger partial charge >= 0.3 is 5.97 Å². The van der Waals surface area contributed by atoms with Crippen LogP contribution in [0, 0.1) is 11.7 Å². The third-order valence-electron chi connectivity index (χ3n) is 3.56. The van der Waals surface area contributed by atoms with Gasteiger partial charge in [-0.05, 0) is 25.0 Å². The standard InChI is InChI=1S/C15H14FNO3/c1-19-15(18)10-6-12(7-10)20-13-8-11(16)5-9-3-2-4-17-14(9)13/h2-5,8,10,12H,6-7H2,1H3. The Morgan fingerprint density at radius 1 is 1.40 bits per heavy atom. The van der Waals surface area contributed by atoms with Gasteiger partial charge in [-0.15, -0.1) is 0 Å². The first-order valence-electron chi connectivity index (χ1n) is 6.46. The molecule has 1 aromatic heterocycles. The third kappa shape index (κ3) is 2.31. The molecule has 4 nitrogen and oxygen atoms in total. The minimum Gasteiger partial charge on any atom is -0.488 e. The van der Waals surface area contributed by atoms with Gasteiger partial charge < -0.3 is 9.47 Å². The van der Waals surface area contributed by atoms with Crippen molar-refractivity contribution in [1.29, 1.82) is 0 Å². The van der Waals surface area contributed by atoms with E-state index in [1.807, 2.05) is 0 Å². The topological polar surface area (TPSA) is 48.4 Å². The summed E-state index contributed by atoms with van der Waals surface area (Å²) in [6.45, 7) is 0. The first kappa shape index (κ1) is 12.8. The highest BCUT2D eigenvalue weighted by Gasteiger charge is 2.37. The molecule has 0 radical (unpaired) electrons. The Labute approximate surface area is 115 Å². The number of hydrogen-bond donors (Lipinski definition) is 0. The van der Waals surface area contributed by atoms with Crippen molar-refractivity contribution >= 4 is 16.9 Å². The van der Waals surface area contributed by atoms with Crippen LogP contribution >= 0.6 is 0 Å². The molecule has 0 N–H and O–H groups in total. The Bertz CT molecular complexity index is 653. The molecular weight excluding hydrogens is 261 g/mol. The fourth-order valence-corrected chi connectivity index (χ4v) is 2.41. The summed E-state index contributed by atoms with van der Waals surface area (Å²) in [5, 5.41) is 0.700. The van der Waals surface area contributed by atoms with Gasteiger partial charge in [-0.2, -0.15) is 0 Å². The summed E-state index contributed by atoms with van der Waals surface area (Å²) in [6.07, 6.45) is 2.74. The molecule has 5 heteroatoms. The van der Waals surface area contributed by atoms with Crippen molar-refractivity contribution in [2.75, 3.05) is 7.11 Å². The van der Waals surface area contributed by atoms with Crippen LogP contribution in [0.5, 0.6) is 5.75 Å². The number of benzene rings is 1. The van der Waals surface area contributed by atoms with E-state index in [9.17, 15) is 9.18 Å². The molecule has 1 fully saturated rings. The Hall–Kier alpha value is -2.17. The smallest absolute Gasteiger partial charge is 0.308 e. The summed E-state index contributed by atoms with van der Waals surface area (Å²) in [5.41, 5.74) is 0.635. The second kappa shape index (κ2) is 5.07. The SMILES string of the molecule is COC(=O)C1CC(Oc2cc(F)cc3cccnc23)C1. The van der Waals surface area contributed by atoms with Crippen LogP contribution < -0.4 is 4.74 Å². The van der Waals surface area contributed by atoms with Crippen LogP contribution in [0.4, 0.5) is 4.39 Å². The number of halogens is 1. The lowest BCUT2D eigenvalue weighted by Gasteiger charge is -2.33. The Kier molecular flexibility index (Phi) is 3.26. The third-order valence-corrected chi connectivity index (χ3v) is 3.56. The molecule has 0 amide bonds. The Balaban J connectivity index is 1.77. The van der Waals surface area contributed by atoms with Crippen molar-refractivity contribution in [2.45, 2.75) is 18.9 Å². The molecule has 0 spiro atoms. The van der Waals surface area contributed by atoms with Crippen molar-refractivity contribution in [3.63, 3.8) is 0 Å². The number of ether oxygens (including phenoxy) is 2. The summed E-state index contributed by atoms with van der Waals surface area (Å²) in [7, 11) is 1.38. The second-order valence-electron chi connectivity index (χ2n) is 4.91. The van der Waals surface area contributed by atoms with E-state index >= 15 is 0 Å². The molecule has 1 aromatic carbocycles. The average Bonchev–Trinajstić information content (AvgIpc) is 2.41. The van der Waals surface area contributed by atoms with Crippen LogP contribution in [0.25, 0.3) is 10.9 Å². The van der Waals surface area contributed by atoms with E-state index in [1.54, 1.807) is 18.3 Å². The zero-order valence-electron chi connectivity index (χ0n) is 11.0. The highest BCUT2D eigenvalue weighted by molar-refractivity contribution is 5.84. The lowest BCUT2D eigenvalue weighted by molar-refractivity contribution is -0.151. The molecule has 104 valence electrons. The number of rotatable bonds is 3. The molecule has 0 atom stereocenters. The number of esters is 1. The van der Waals surface area contributed by atoms with E-state index < -0.39 is 0 Å². The maximum Gasteiger partial charge on any atom is 0.308 e. The van der Waals surface area contributed by atoms with E-state index in [-0.39, 0.29) is 23.8 Å². The van der Waals surface area contributed by atoms with Crippen LogP contribution in [0.3, 0.4) is 0 Å². The van der Waals surface area contributed by atoms with Gasteiger partial charge in [0.15, 0.2) is 0 Å². The first-order valence-corrected chi connectivity index (χ1v) is 6.46. The van der Waals surface area contributed by atoms with Gasteiger partial charge in [-0.3, -0.25) is 9.78 Å². The van der Waals surface area contributed by atoms with Gasteiger partial charge in [0.05, 0.1) is 13.0 Å². The minimum atomic E-state index is -0.357. The van der Waals surface area contributed by atoms with Gasteiger partial charge in [0, 0.05) is 17.6 Å². The molecule has 1 aliphatic rings. The number of fused-ring (bicyclic) bond motifs is 1. The highest BCUT2D eigenvalue weighted by atomic mass is 19.1. The van der Waals surface area contributed by atoms with Crippen LogP contribution in [-0.2, 0) is 9.53 Å². The van der Waals surface area contributed by atoms with Crippen molar-refractivity contribution in [2.24, 2.45) is 5.92 Å². The fraction of sp³-hybridized carbons (Fsp3) is 0.333. The molecule has 20 heavy (non-hydrogen) atoms. The largest absolute Gasteiger partial charge is 0.488 e. The van der Waals surface area contributed by atoms with Gasteiger partial charge in [0.2, 0.25) is 0 Å². The van der Waals surface area contributed by atoms with E-state index in [1.165, 1.54) is 19.2 Å². The van der Waals surface area contributed by atoms with E-state index in [4.69, 9.17) is 4.74 Å². The van der Waals surface area contributed by atoms with Crippen LogP contribution in [0.1, 0.15) is 12.8 Å². The number of nitrogens with zero attached hydrogens (tertiary/aromatic N) is 1. The summed E-state index contributed by atoms with van der Waals surface area (Å²) in [6, 6.07) is 6.30. The van der Waals surface area contributed by atoms with Gasteiger partial charge in [-0.1, -0.05) is 6.07 Å². The quantitative estimate of drug-likeness (QED) is 0.808. The predicted octanol–water partition coefficient (Wildman–Crippen LogP) is 2.70. The molecule has 1 heterocycles. The molecule has 3 rings (SSSR count). The maximum absolute atomic E-state index is 13.5. The van der Waals surface area contributed by atoms with E-state index in [0.717, 1.165) is 0 Å². The van der Waals surface area contributed by atoms with Gasteiger partial charge in [-0.25, -0.2) is 4.39 Å². The zero-order valence-corrected chi connectivity index (χ0v) is 11.0. The minimum absolute atomic E-state index is 0.0916. The molecule has 2 aromatic rings. The number of aromatic nitrogens is 1. The van der Waals surface area contributed by atoms with Crippen molar-refractivity contribution in [3.05, 3.63) is 36.3 Å². The molecule has 1 saturated carbocycles. The second-order valence-corrected chi connectivity index (χ2v) is 4.91. The average molecular weight is 275 g/mol. The van der Waals surface area contributed by atoms with Crippen molar-refractivity contribution in [1.82, 2.24) is 4.98 Å². The normalized spacial score (nSPS) is 21.3. The summed E-state index contributed by atoms with van der Waals surface area (Å²) in [5.74, 6) is -0.261. The summed E-state index contributed by atoms with van der Waals surface area (Å²) >= 11 is 0. The van der Waals surface area contributed by atoms with Crippen molar-refractivity contribution in [3.8, 4) is 5.75 Å². The fourth-order valence-electron chi connectivity index (χ4n) is 2.41. The number of methoxy groups -OCH3 is 1. The molecule has 0 bridgehead atoms. The molecule has 0 aliphatic heterocycles. The monoisotopic (exact) mass is 275 g/mol. The maximum atomic E-state index is 13.5. The lowest BCUT2D eigenvalue weighted by Crippen LogP contribution is -2.38.